The summed E-state index contributed by atoms with van der Waals surface area (Å²) in [5, 5.41) is 46.2. The maximum Gasteiger partial charge on any atom is 0.110 e. The lowest BCUT2D eigenvalue weighted by molar-refractivity contribution is -0.0772. The van der Waals surface area contributed by atoms with Crippen LogP contribution in [-0.4, -0.2) is 62.8 Å². The molecule has 4 atom stereocenters. The molecule has 7 nitrogen and oxygen atoms in total. The van der Waals surface area contributed by atoms with E-state index in [1.54, 1.807) is 0 Å². The molecule has 0 heterocycles. The first-order chi connectivity index (χ1) is 6.04. The third-order valence-electron chi connectivity index (χ3n) is 1.56. The lowest BCUT2D eigenvalue weighted by atomic mass is 10.0. The van der Waals surface area contributed by atoms with E-state index in [-0.39, 0.29) is 0 Å². The second-order valence-electron chi connectivity index (χ2n) is 2.57. The maximum atomic E-state index is 9.17. The van der Waals surface area contributed by atoms with Crippen LogP contribution in [0.3, 0.4) is 0 Å². The van der Waals surface area contributed by atoms with Crippen LogP contribution in [0, 0.1) is 0 Å². The Hall–Kier alpha value is -0.730. The number of nitrogens with zero attached hydrogens (tertiary/aromatic N) is 1. The van der Waals surface area contributed by atoms with Crippen molar-refractivity contribution in [3.63, 3.8) is 0 Å². The highest BCUT2D eigenvalue weighted by atomic mass is 16.4. The van der Waals surface area contributed by atoms with Crippen molar-refractivity contribution in [1.82, 2.24) is 0 Å². The van der Waals surface area contributed by atoms with Crippen LogP contribution in [0.4, 0.5) is 0 Å². The summed E-state index contributed by atoms with van der Waals surface area (Å²) in [4.78, 5) is 0. The fourth-order valence-electron chi connectivity index (χ4n) is 0.728. The van der Waals surface area contributed by atoms with Gasteiger partial charge in [-0.2, -0.15) is 0 Å². The highest BCUT2D eigenvalue weighted by molar-refractivity contribution is 5.64. The number of hydrogen-bond acceptors (Lipinski definition) is 7. The molecule has 0 rings (SSSR count). The molecule has 0 aromatic rings. The van der Waals surface area contributed by atoms with Gasteiger partial charge in [0.25, 0.3) is 0 Å². The molecule has 0 amide bonds. The first-order valence-corrected chi connectivity index (χ1v) is 3.62. The largest absolute Gasteiger partial charge is 0.411 e. The van der Waals surface area contributed by atoms with Crippen molar-refractivity contribution in [3.8, 4) is 0 Å². The summed E-state index contributed by atoms with van der Waals surface area (Å²) in [7, 11) is 0. The van der Waals surface area contributed by atoms with Crippen molar-refractivity contribution in [2.45, 2.75) is 24.4 Å². The van der Waals surface area contributed by atoms with Gasteiger partial charge in [0.15, 0.2) is 0 Å². The molecule has 0 radical (unpaired) electrons. The molecule has 13 heavy (non-hydrogen) atoms. The number of aliphatic hydroxyl groups excluding tert-OH is 4. The molecule has 0 spiro atoms. The highest BCUT2D eigenvalue weighted by Crippen LogP contribution is 2.01. The molecule has 7 heteroatoms. The van der Waals surface area contributed by atoms with Gasteiger partial charge in [-0.25, -0.2) is 0 Å². The van der Waals surface area contributed by atoms with Crippen molar-refractivity contribution in [1.29, 1.82) is 0 Å². The zero-order valence-corrected chi connectivity index (χ0v) is 6.85. The number of rotatable bonds is 5. The Labute approximate surface area is 74.7 Å². The molecule has 7 N–H and O–H groups in total. The summed E-state index contributed by atoms with van der Waals surface area (Å²) >= 11 is 0. The highest BCUT2D eigenvalue weighted by Gasteiger charge is 2.28. The van der Waals surface area contributed by atoms with E-state index in [0.717, 1.165) is 6.21 Å². The smallest absolute Gasteiger partial charge is 0.110 e. The summed E-state index contributed by atoms with van der Waals surface area (Å²) in [6.45, 7) is -0.693. The number of oxime groups is 1. The first-order valence-electron chi connectivity index (χ1n) is 3.62. The normalized spacial score (nSPS) is 21.3. The number of aliphatic hydroxyl groups is 4. The quantitative estimate of drug-likeness (QED) is 0.155. The van der Waals surface area contributed by atoms with Gasteiger partial charge < -0.3 is 31.4 Å². The predicted molar refractivity (Wildman–Crippen MR) is 43.4 cm³/mol. The minimum atomic E-state index is -1.59. The first kappa shape index (κ1) is 12.3. The summed E-state index contributed by atoms with van der Waals surface area (Å²) in [6.07, 6.45) is -3.76. The van der Waals surface area contributed by atoms with Crippen molar-refractivity contribution in [2.24, 2.45) is 10.9 Å². The van der Waals surface area contributed by atoms with Gasteiger partial charge in [0.1, 0.15) is 18.3 Å². The van der Waals surface area contributed by atoms with E-state index in [1.807, 2.05) is 0 Å². The van der Waals surface area contributed by atoms with Crippen LogP contribution in [0.25, 0.3) is 0 Å². The second-order valence-corrected chi connectivity index (χ2v) is 2.57. The molecule has 0 aliphatic carbocycles. The van der Waals surface area contributed by atoms with Crippen LogP contribution in [0.5, 0.6) is 0 Å². The predicted octanol–water partition coefficient (Wildman–Crippen LogP) is -3.15. The monoisotopic (exact) mass is 194 g/mol. The van der Waals surface area contributed by atoms with Gasteiger partial charge in [-0.1, -0.05) is 0 Å². The van der Waals surface area contributed by atoms with Crippen LogP contribution in [0.2, 0.25) is 0 Å². The molecule has 0 aliphatic heterocycles. The third-order valence-corrected chi connectivity index (χ3v) is 1.56. The minimum Gasteiger partial charge on any atom is -0.411 e. The van der Waals surface area contributed by atoms with Gasteiger partial charge in [0.05, 0.1) is 18.9 Å². The lowest BCUT2D eigenvalue weighted by Gasteiger charge is -2.23. The second kappa shape index (κ2) is 5.84. The van der Waals surface area contributed by atoms with Crippen LogP contribution in [0.1, 0.15) is 0 Å². The van der Waals surface area contributed by atoms with E-state index in [2.05, 4.69) is 5.16 Å². The van der Waals surface area contributed by atoms with E-state index in [4.69, 9.17) is 26.3 Å². The van der Waals surface area contributed by atoms with Gasteiger partial charge in [-0.3, -0.25) is 0 Å². The maximum absolute atomic E-state index is 9.17. The Morgan fingerprint density at radius 3 is 2.15 bits per heavy atom. The molecular weight excluding hydrogens is 180 g/mol. The fraction of sp³-hybridized carbons (Fsp3) is 0.833. The molecule has 0 saturated carbocycles. The average molecular weight is 194 g/mol. The van der Waals surface area contributed by atoms with Gasteiger partial charge in [-0.15, -0.1) is 5.16 Å². The third kappa shape index (κ3) is 3.66. The molecule has 0 aromatic carbocycles. The molecule has 0 saturated heterocycles. The van der Waals surface area contributed by atoms with Crippen LogP contribution in [0.15, 0.2) is 5.16 Å². The molecule has 1 unspecified atom stereocenters. The van der Waals surface area contributed by atoms with Crippen LogP contribution in [-0.2, 0) is 0 Å². The van der Waals surface area contributed by atoms with Crippen molar-refractivity contribution >= 4 is 6.21 Å². The summed E-state index contributed by atoms with van der Waals surface area (Å²) < 4.78 is 0. The average Bonchev–Trinajstić information content (AvgIpc) is 2.14. The van der Waals surface area contributed by atoms with E-state index >= 15 is 0 Å². The van der Waals surface area contributed by atoms with Gasteiger partial charge in [-0.05, 0) is 0 Å². The van der Waals surface area contributed by atoms with Crippen LogP contribution < -0.4 is 5.73 Å². The SMILES string of the molecule is NC(/C=N\O)[C@@H](O)[C@H](O)[C@H](O)CO. The van der Waals surface area contributed by atoms with E-state index in [0.29, 0.717) is 0 Å². The van der Waals surface area contributed by atoms with E-state index < -0.39 is 31.0 Å². The Morgan fingerprint density at radius 1 is 1.23 bits per heavy atom. The van der Waals surface area contributed by atoms with E-state index in [9.17, 15) is 5.11 Å². The fourth-order valence-corrected chi connectivity index (χ4v) is 0.728. The van der Waals surface area contributed by atoms with Crippen molar-refractivity contribution < 1.29 is 25.6 Å². The molecule has 78 valence electrons. The Kier molecular flexibility index (Phi) is 5.51. The Balaban J connectivity index is 4.15. The standard InChI is InChI=1S/C6H14N2O5/c7-3(1-8-13)5(11)6(12)4(10)2-9/h1,3-6,9-13H,2,7H2/b8-1-/t3?,4-,5-,6-/m1/s1. The zero-order valence-electron chi connectivity index (χ0n) is 6.85. The van der Waals surface area contributed by atoms with Gasteiger partial charge in [0.2, 0.25) is 0 Å². The lowest BCUT2D eigenvalue weighted by Crippen LogP contribution is -2.49. The van der Waals surface area contributed by atoms with Gasteiger partial charge in [0, 0.05) is 0 Å². The molecule has 0 bridgehead atoms. The Bertz CT molecular complexity index is 165. The topological polar surface area (TPSA) is 140 Å². The van der Waals surface area contributed by atoms with Crippen molar-refractivity contribution in [3.05, 3.63) is 0 Å². The molecule has 0 fully saturated rings. The summed E-state index contributed by atoms with van der Waals surface area (Å²) in [5.74, 6) is 0. The molecule has 0 aromatic heterocycles. The summed E-state index contributed by atoms with van der Waals surface area (Å²) in [5.41, 5.74) is 5.21. The summed E-state index contributed by atoms with van der Waals surface area (Å²) in [6, 6.07) is -1.11. The van der Waals surface area contributed by atoms with Gasteiger partial charge >= 0.3 is 0 Å². The minimum absolute atomic E-state index is 0.693. The van der Waals surface area contributed by atoms with Crippen molar-refractivity contribution in [2.75, 3.05) is 6.61 Å². The zero-order chi connectivity index (χ0) is 10.4. The van der Waals surface area contributed by atoms with E-state index in [1.165, 1.54) is 0 Å². The number of nitrogens with two attached hydrogens (primary N) is 1. The molecular formula is C6H14N2O5. The van der Waals surface area contributed by atoms with Crippen LogP contribution >= 0.6 is 0 Å². The molecule has 0 aliphatic rings. The Morgan fingerprint density at radius 2 is 1.77 bits per heavy atom. The number of hydrogen-bond donors (Lipinski definition) is 6.